The van der Waals surface area contributed by atoms with Crippen molar-refractivity contribution >= 4 is 17.7 Å². The van der Waals surface area contributed by atoms with Crippen molar-refractivity contribution in [3.05, 3.63) is 59.4 Å². The maximum absolute atomic E-state index is 12.9. The van der Waals surface area contributed by atoms with Gasteiger partial charge in [-0.3, -0.25) is 29.6 Å². The van der Waals surface area contributed by atoms with Crippen LogP contribution in [-0.2, 0) is 16.1 Å². The topological polar surface area (TPSA) is 91.8 Å². The summed E-state index contributed by atoms with van der Waals surface area (Å²) in [4.78, 5) is 45.3. The zero-order valence-corrected chi connectivity index (χ0v) is 19.0. The lowest BCUT2D eigenvalue weighted by molar-refractivity contribution is -0.136. The van der Waals surface area contributed by atoms with Gasteiger partial charge >= 0.3 is 0 Å². The van der Waals surface area contributed by atoms with E-state index in [-0.39, 0.29) is 30.2 Å². The Balaban J connectivity index is 1.11. The van der Waals surface area contributed by atoms with E-state index in [4.69, 9.17) is 4.74 Å². The first-order valence-corrected chi connectivity index (χ1v) is 12.2. The third-order valence-corrected chi connectivity index (χ3v) is 7.68. The molecule has 3 atom stereocenters. The van der Waals surface area contributed by atoms with Crippen LogP contribution in [0.4, 0.5) is 0 Å². The van der Waals surface area contributed by atoms with Gasteiger partial charge in [-0.1, -0.05) is 6.07 Å². The van der Waals surface area contributed by atoms with Crippen molar-refractivity contribution < 1.29 is 19.1 Å². The van der Waals surface area contributed by atoms with Crippen molar-refractivity contribution in [2.75, 3.05) is 13.1 Å². The highest BCUT2D eigenvalue weighted by Crippen LogP contribution is 2.37. The zero-order valence-electron chi connectivity index (χ0n) is 19.0. The van der Waals surface area contributed by atoms with Crippen molar-refractivity contribution in [3.8, 4) is 5.75 Å². The van der Waals surface area contributed by atoms with E-state index in [1.165, 1.54) is 0 Å². The summed E-state index contributed by atoms with van der Waals surface area (Å²) >= 11 is 0. The molecule has 0 spiro atoms. The van der Waals surface area contributed by atoms with Crippen LogP contribution in [0.5, 0.6) is 5.75 Å². The molecule has 4 aliphatic rings. The summed E-state index contributed by atoms with van der Waals surface area (Å²) in [6, 6.07) is 11.5. The molecule has 8 nitrogen and oxygen atoms in total. The minimum absolute atomic E-state index is 0.131. The number of ether oxygens (including phenoxy) is 1. The number of hydrogen-bond acceptors (Lipinski definition) is 6. The number of imide groups is 1. The van der Waals surface area contributed by atoms with E-state index in [1.807, 2.05) is 36.5 Å². The van der Waals surface area contributed by atoms with Crippen LogP contribution in [0, 0.1) is 0 Å². The number of pyridine rings is 1. The number of amides is 3. The standard InChI is InChI=1S/C26H28N4O4/c31-24-10-9-22(25(32)28-24)30-15-16-12-18(7-8-19(16)26(30)33)34-23-6-3-5-21(23)29-13-17(14-29)20-4-1-2-11-27-20/h1-2,4,7-8,11-12,17,21-23H,3,5-6,9-10,13-15H2,(H,28,31,32)/t21-,22?,23?/m0/s1. The van der Waals surface area contributed by atoms with Crippen molar-refractivity contribution in [3.63, 3.8) is 0 Å². The molecule has 0 radical (unpaired) electrons. The summed E-state index contributed by atoms with van der Waals surface area (Å²) in [6.07, 6.45) is 5.91. The smallest absolute Gasteiger partial charge is 0.255 e. The Labute approximate surface area is 198 Å². The number of likely N-dealkylation sites (tertiary alicyclic amines) is 1. The molecule has 3 amide bonds. The van der Waals surface area contributed by atoms with Crippen LogP contribution in [-0.4, -0.2) is 63.8 Å². The number of piperidine rings is 1. The van der Waals surface area contributed by atoms with E-state index in [0.717, 1.165) is 49.4 Å². The molecule has 1 aromatic heterocycles. The third kappa shape index (κ3) is 3.76. The first-order valence-electron chi connectivity index (χ1n) is 12.2. The van der Waals surface area contributed by atoms with E-state index >= 15 is 0 Å². The molecule has 1 aromatic carbocycles. The minimum Gasteiger partial charge on any atom is -0.489 e. The molecule has 1 N–H and O–H groups in total. The monoisotopic (exact) mass is 460 g/mol. The van der Waals surface area contributed by atoms with Gasteiger partial charge in [0.15, 0.2) is 0 Å². The minimum atomic E-state index is -0.598. The zero-order chi connectivity index (χ0) is 23.2. The van der Waals surface area contributed by atoms with Crippen LogP contribution >= 0.6 is 0 Å². The van der Waals surface area contributed by atoms with Gasteiger partial charge in [-0.15, -0.1) is 0 Å². The SMILES string of the molecule is O=C1CCC(N2Cc3cc(OC4CCC[C@@H]4N4CC(c5ccccn5)C4)ccc3C2=O)C(=O)N1. The summed E-state index contributed by atoms with van der Waals surface area (Å²) in [6.45, 7) is 2.39. The second-order valence-electron chi connectivity index (χ2n) is 9.78. The fourth-order valence-electron chi connectivity index (χ4n) is 5.85. The number of aromatic nitrogens is 1. The molecule has 1 saturated carbocycles. The average Bonchev–Trinajstić information content (AvgIpc) is 3.38. The van der Waals surface area contributed by atoms with E-state index < -0.39 is 6.04 Å². The van der Waals surface area contributed by atoms with Gasteiger partial charge in [0.1, 0.15) is 17.9 Å². The second-order valence-corrected chi connectivity index (χ2v) is 9.78. The molecule has 2 aromatic rings. The van der Waals surface area contributed by atoms with Gasteiger partial charge < -0.3 is 9.64 Å². The van der Waals surface area contributed by atoms with Crippen molar-refractivity contribution in [1.29, 1.82) is 0 Å². The molecular formula is C26H28N4O4. The van der Waals surface area contributed by atoms with Gasteiger partial charge in [-0.2, -0.15) is 0 Å². The van der Waals surface area contributed by atoms with Crippen LogP contribution in [0.3, 0.4) is 0 Å². The van der Waals surface area contributed by atoms with Crippen molar-refractivity contribution in [2.45, 2.75) is 62.8 Å². The number of rotatable bonds is 5. The first kappa shape index (κ1) is 21.3. The lowest BCUT2D eigenvalue weighted by atomic mass is 9.93. The van der Waals surface area contributed by atoms with E-state index in [1.54, 1.807) is 4.90 Å². The molecule has 4 heterocycles. The van der Waals surface area contributed by atoms with Crippen LogP contribution in [0.25, 0.3) is 0 Å². The predicted octanol–water partition coefficient (Wildman–Crippen LogP) is 2.24. The predicted molar refractivity (Wildman–Crippen MR) is 123 cm³/mol. The Hall–Kier alpha value is -3.26. The number of benzene rings is 1. The molecule has 3 fully saturated rings. The van der Waals surface area contributed by atoms with Crippen LogP contribution in [0.1, 0.15) is 59.6 Å². The largest absolute Gasteiger partial charge is 0.489 e. The molecule has 2 unspecified atom stereocenters. The average molecular weight is 461 g/mol. The summed E-state index contributed by atoms with van der Waals surface area (Å²) < 4.78 is 6.45. The Kier molecular flexibility index (Phi) is 5.32. The van der Waals surface area contributed by atoms with E-state index in [2.05, 4.69) is 21.3 Å². The first-order chi connectivity index (χ1) is 16.6. The molecule has 0 bridgehead atoms. The van der Waals surface area contributed by atoms with Crippen molar-refractivity contribution in [1.82, 2.24) is 20.1 Å². The molecule has 6 rings (SSSR count). The van der Waals surface area contributed by atoms with Crippen LogP contribution in [0.15, 0.2) is 42.6 Å². The Morgan fingerprint density at radius 1 is 1.03 bits per heavy atom. The summed E-state index contributed by atoms with van der Waals surface area (Å²) in [5.74, 6) is 0.444. The highest BCUT2D eigenvalue weighted by Gasteiger charge is 2.42. The molecule has 8 heteroatoms. The third-order valence-electron chi connectivity index (χ3n) is 7.68. The van der Waals surface area contributed by atoms with Gasteiger partial charge in [-0.25, -0.2) is 0 Å². The number of fused-ring (bicyclic) bond motifs is 1. The maximum atomic E-state index is 12.9. The number of hydrogen-bond donors (Lipinski definition) is 1. The van der Waals surface area contributed by atoms with Gasteiger partial charge in [0.2, 0.25) is 11.8 Å². The van der Waals surface area contributed by atoms with Gasteiger partial charge in [0.25, 0.3) is 5.91 Å². The Bertz CT molecular complexity index is 1130. The second kappa shape index (κ2) is 8.51. The highest BCUT2D eigenvalue weighted by molar-refractivity contribution is 6.05. The molecule has 176 valence electrons. The number of carbonyl (C=O) groups is 3. The van der Waals surface area contributed by atoms with Gasteiger partial charge in [0, 0.05) is 55.5 Å². The summed E-state index contributed by atoms with van der Waals surface area (Å²) in [7, 11) is 0. The van der Waals surface area contributed by atoms with Crippen LogP contribution < -0.4 is 10.1 Å². The van der Waals surface area contributed by atoms with Crippen LogP contribution in [0.2, 0.25) is 0 Å². The number of nitrogens with one attached hydrogen (secondary N) is 1. The lowest BCUT2D eigenvalue weighted by Gasteiger charge is -2.44. The fourth-order valence-corrected chi connectivity index (χ4v) is 5.85. The summed E-state index contributed by atoms with van der Waals surface area (Å²) in [5, 5.41) is 2.35. The highest BCUT2D eigenvalue weighted by atomic mass is 16.5. The summed E-state index contributed by atoms with van der Waals surface area (Å²) in [5.41, 5.74) is 2.65. The number of carbonyl (C=O) groups excluding carboxylic acids is 3. The van der Waals surface area contributed by atoms with E-state index in [9.17, 15) is 14.4 Å². The molecule has 34 heavy (non-hydrogen) atoms. The number of nitrogens with zero attached hydrogens (tertiary/aromatic N) is 3. The lowest BCUT2D eigenvalue weighted by Crippen LogP contribution is -2.54. The van der Waals surface area contributed by atoms with E-state index in [0.29, 0.717) is 30.5 Å². The maximum Gasteiger partial charge on any atom is 0.255 e. The quantitative estimate of drug-likeness (QED) is 0.688. The normalized spacial score (nSPS) is 27.5. The Morgan fingerprint density at radius 2 is 1.91 bits per heavy atom. The molecular weight excluding hydrogens is 432 g/mol. The van der Waals surface area contributed by atoms with Crippen molar-refractivity contribution in [2.24, 2.45) is 0 Å². The molecule has 2 saturated heterocycles. The molecule has 1 aliphatic carbocycles. The van der Waals surface area contributed by atoms with Gasteiger partial charge in [-0.05, 0) is 61.6 Å². The van der Waals surface area contributed by atoms with Gasteiger partial charge in [0.05, 0.1) is 0 Å². The Morgan fingerprint density at radius 3 is 2.71 bits per heavy atom. The molecule has 3 aliphatic heterocycles. The fraction of sp³-hybridized carbons (Fsp3) is 0.462.